The third kappa shape index (κ3) is 3.43. The Balaban J connectivity index is 1.56. The number of thioether (sulfide) groups is 1. The van der Waals surface area contributed by atoms with E-state index in [1.165, 1.54) is 36.7 Å². The molecule has 0 spiro atoms. The van der Waals surface area contributed by atoms with E-state index >= 15 is 0 Å². The molecule has 1 aliphatic carbocycles. The van der Waals surface area contributed by atoms with Gasteiger partial charge in [-0.15, -0.1) is 11.3 Å². The van der Waals surface area contributed by atoms with Crippen LogP contribution >= 0.6 is 35.3 Å². The highest BCUT2D eigenvalue weighted by molar-refractivity contribution is 8.26. The van der Waals surface area contributed by atoms with Crippen molar-refractivity contribution in [2.24, 2.45) is 0 Å². The Bertz CT molecular complexity index is 850. The smallest absolute Gasteiger partial charge is 0.266 e. The zero-order valence-electron chi connectivity index (χ0n) is 13.4. The van der Waals surface area contributed by atoms with Crippen molar-refractivity contribution in [2.45, 2.75) is 31.7 Å². The number of halogens is 1. The molecule has 128 valence electrons. The fourth-order valence-electron chi connectivity index (χ4n) is 3.29. The van der Waals surface area contributed by atoms with Crippen molar-refractivity contribution >= 4 is 51.6 Å². The van der Waals surface area contributed by atoms with E-state index in [9.17, 15) is 9.18 Å². The van der Waals surface area contributed by atoms with Crippen LogP contribution in [0.5, 0.6) is 0 Å². The van der Waals surface area contributed by atoms with Gasteiger partial charge in [0.15, 0.2) is 0 Å². The number of amides is 1. The molecule has 1 aromatic carbocycles. The van der Waals surface area contributed by atoms with Crippen LogP contribution < -0.4 is 0 Å². The molecule has 1 saturated heterocycles. The minimum atomic E-state index is -0.240. The van der Waals surface area contributed by atoms with E-state index < -0.39 is 0 Å². The van der Waals surface area contributed by atoms with Crippen molar-refractivity contribution in [3.8, 4) is 10.4 Å². The molecular formula is C19H16FNOS3. The minimum Gasteiger partial charge on any atom is -0.290 e. The maximum atomic E-state index is 13.1. The molecule has 0 bridgehead atoms. The number of nitrogens with zero attached hydrogens (tertiary/aromatic N) is 1. The Morgan fingerprint density at radius 3 is 2.56 bits per heavy atom. The van der Waals surface area contributed by atoms with Crippen molar-refractivity contribution in [2.75, 3.05) is 0 Å². The van der Waals surface area contributed by atoms with E-state index in [1.807, 2.05) is 23.1 Å². The van der Waals surface area contributed by atoms with Crippen molar-refractivity contribution < 1.29 is 9.18 Å². The van der Waals surface area contributed by atoms with E-state index in [2.05, 4.69) is 0 Å². The fourth-order valence-corrected chi connectivity index (χ4v) is 5.71. The summed E-state index contributed by atoms with van der Waals surface area (Å²) in [6, 6.07) is 10.7. The van der Waals surface area contributed by atoms with Crippen molar-refractivity contribution in [1.29, 1.82) is 0 Å². The number of thiocarbonyl (C=S) groups is 1. The highest BCUT2D eigenvalue weighted by Gasteiger charge is 2.38. The van der Waals surface area contributed by atoms with Gasteiger partial charge in [-0.1, -0.05) is 49.0 Å². The molecule has 2 fully saturated rings. The first-order valence-electron chi connectivity index (χ1n) is 8.25. The van der Waals surface area contributed by atoms with Gasteiger partial charge in [0.25, 0.3) is 5.91 Å². The van der Waals surface area contributed by atoms with Gasteiger partial charge < -0.3 is 0 Å². The van der Waals surface area contributed by atoms with Gasteiger partial charge in [0, 0.05) is 15.8 Å². The molecule has 0 radical (unpaired) electrons. The van der Waals surface area contributed by atoms with Crippen LogP contribution in [0.15, 0.2) is 41.3 Å². The van der Waals surface area contributed by atoms with Crippen LogP contribution in [0, 0.1) is 5.82 Å². The maximum absolute atomic E-state index is 13.1. The monoisotopic (exact) mass is 389 g/mol. The van der Waals surface area contributed by atoms with Crippen LogP contribution in [0.1, 0.15) is 30.6 Å². The molecule has 2 aliphatic rings. The number of carbonyl (C=O) groups excluding carboxylic acids is 1. The molecule has 2 heterocycles. The highest BCUT2D eigenvalue weighted by atomic mass is 32.2. The summed E-state index contributed by atoms with van der Waals surface area (Å²) in [5.41, 5.74) is 0.976. The first kappa shape index (κ1) is 16.9. The van der Waals surface area contributed by atoms with Gasteiger partial charge in [-0.2, -0.15) is 0 Å². The predicted octanol–water partition coefficient (Wildman–Crippen LogP) is 5.70. The minimum absolute atomic E-state index is 0.0404. The quantitative estimate of drug-likeness (QED) is 0.496. The van der Waals surface area contributed by atoms with E-state index in [0.717, 1.165) is 28.2 Å². The molecule has 0 N–H and O–H groups in total. The van der Waals surface area contributed by atoms with Crippen molar-refractivity contribution in [3.63, 3.8) is 0 Å². The standard InChI is InChI=1S/C19H16FNOS3/c20-13-7-5-12(6-8-13)16-10-9-15(24-16)11-17-18(22)21(19(23)25-17)14-3-1-2-4-14/h5-11,14H,1-4H2. The number of hydrogen-bond donors (Lipinski definition) is 0. The van der Waals surface area contributed by atoms with Gasteiger partial charge in [-0.3, -0.25) is 9.69 Å². The van der Waals surface area contributed by atoms with Gasteiger partial charge >= 0.3 is 0 Å². The van der Waals surface area contributed by atoms with Crippen LogP contribution in [-0.4, -0.2) is 21.2 Å². The van der Waals surface area contributed by atoms with Gasteiger partial charge in [0.1, 0.15) is 10.1 Å². The lowest BCUT2D eigenvalue weighted by Crippen LogP contribution is -2.36. The Hall–Kier alpha value is -1.50. The molecule has 1 aromatic heterocycles. The van der Waals surface area contributed by atoms with E-state index in [4.69, 9.17) is 12.2 Å². The summed E-state index contributed by atoms with van der Waals surface area (Å²) in [6.07, 6.45) is 6.37. The van der Waals surface area contributed by atoms with E-state index in [0.29, 0.717) is 9.23 Å². The Morgan fingerprint density at radius 1 is 1.12 bits per heavy atom. The Morgan fingerprint density at radius 2 is 1.84 bits per heavy atom. The average molecular weight is 390 g/mol. The Kier molecular flexibility index (Phi) is 4.75. The predicted molar refractivity (Wildman–Crippen MR) is 107 cm³/mol. The van der Waals surface area contributed by atoms with Crippen molar-refractivity contribution in [1.82, 2.24) is 4.90 Å². The summed E-state index contributed by atoms with van der Waals surface area (Å²) >= 11 is 8.42. The van der Waals surface area contributed by atoms with Gasteiger partial charge in [-0.25, -0.2) is 4.39 Å². The fraction of sp³-hybridized carbons (Fsp3) is 0.263. The molecule has 1 amide bonds. The zero-order valence-corrected chi connectivity index (χ0v) is 15.9. The van der Waals surface area contributed by atoms with Gasteiger partial charge in [0.05, 0.1) is 4.91 Å². The number of benzene rings is 1. The van der Waals surface area contributed by atoms with Crippen LogP contribution in [0.2, 0.25) is 0 Å². The molecule has 1 saturated carbocycles. The molecule has 0 unspecified atom stereocenters. The first-order valence-corrected chi connectivity index (χ1v) is 10.3. The third-order valence-corrected chi connectivity index (χ3v) is 6.95. The zero-order chi connectivity index (χ0) is 17.4. The van der Waals surface area contributed by atoms with Gasteiger partial charge in [0.2, 0.25) is 0 Å². The summed E-state index contributed by atoms with van der Waals surface area (Å²) in [7, 11) is 0. The first-order chi connectivity index (χ1) is 12.1. The second-order valence-electron chi connectivity index (χ2n) is 6.20. The molecule has 6 heteroatoms. The summed E-state index contributed by atoms with van der Waals surface area (Å²) in [6.45, 7) is 0. The summed E-state index contributed by atoms with van der Waals surface area (Å²) < 4.78 is 13.7. The number of hydrogen-bond acceptors (Lipinski definition) is 4. The van der Waals surface area contributed by atoms with E-state index in [-0.39, 0.29) is 17.8 Å². The molecule has 4 rings (SSSR count). The SMILES string of the molecule is O=C1C(=Cc2ccc(-c3ccc(F)cc3)s2)SC(=S)N1C1CCCC1. The summed E-state index contributed by atoms with van der Waals surface area (Å²) in [5.74, 6) is -0.199. The molecule has 25 heavy (non-hydrogen) atoms. The summed E-state index contributed by atoms with van der Waals surface area (Å²) in [5, 5.41) is 0. The number of thiophene rings is 1. The normalized spacial score (nSPS) is 20.2. The molecular weight excluding hydrogens is 373 g/mol. The molecule has 2 aromatic rings. The lowest BCUT2D eigenvalue weighted by Gasteiger charge is -2.21. The maximum Gasteiger partial charge on any atom is 0.266 e. The average Bonchev–Trinajstić information content (AvgIpc) is 3.31. The highest BCUT2D eigenvalue weighted by Crippen LogP contribution is 2.39. The Labute approximate surface area is 159 Å². The molecule has 1 aliphatic heterocycles. The van der Waals surface area contributed by atoms with Crippen LogP contribution in [-0.2, 0) is 4.79 Å². The lowest BCUT2D eigenvalue weighted by atomic mass is 10.2. The third-order valence-electron chi connectivity index (χ3n) is 4.54. The van der Waals surface area contributed by atoms with Crippen molar-refractivity contribution in [3.05, 3.63) is 52.0 Å². The molecule has 0 atom stereocenters. The van der Waals surface area contributed by atoms with Crippen LogP contribution in [0.4, 0.5) is 4.39 Å². The topological polar surface area (TPSA) is 20.3 Å². The largest absolute Gasteiger partial charge is 0.290 e. The van der Waals surface area contributed by atoms with Gasteiger partial charge in [-0.05, 0) is 48.7 Å². The van der Waals surface area contributed by atoms with E-state index in [1.54, 1.807) is 23.5 Å². The number of carbonyl (C=O) groups is 1. The lowest BCUT2D eigenvalue weighted by molar-refractivity contribution is -0.123. The summed E-state index contributed by atoms with van der Waals surface area (Å²) in [4.78, 5) is 17.3. The number of rotatable bonds is 3. The second-order valence-corrected chi connectivity index (χ2v) is 8.99. The van der Waals surface area contributed by atoms with Crippen LogP contribution in [0.25, 0.3) is 16.5 Å². The second kappa shape index (κ2) is 7.02. The van der Waals surface area contributed by atoms with Crippen LogP contribution in [0.3, 0.4) is 0 Å². The molecule has 2 nitrogen and oxygen atoms in total.